The monoisotopic (exact) mass is 352 g/mol. The summed E-state index contributed by atoms with van der Waals surface area (Å²) in [6, 6.07) is 4.51. The first-order valence-corrected chi connectivity index (χ1v) is 9.45. The lowest BCUT2D eigenvalue weighted by molar-refractivity contribution is 0.0930. The van der Waals surface area contributed by atoms with Crippen LogP contribution in [0.1, 0.15) is 55.3 Å². The van der Waals surface area contributed by atoms with Gasteiger partial charge in [-0.1, -0.05) is 37.3 Å². The molecule has 2 fully saturated rings. The van der Waals surface area contributed by atoms with Gasteiger partial charge in [0.2, 0.25) is 0 Å². The molecule has 0 unspecified atom stereocenters. The average Bonchev–Trinajstić information content (AvgIpc) is 3.00. The molecule has 132 valence electrons. The van der Waals surface area contributed by atoms with Gasteiger partial charge >= 0.3 is 0 Å². The minimum atomic E-state index is -0.483. The van der Waals surface area contributed by atoms with E-state index in [1.165, 1.54) is 50.3 Å². The van der Waals surface area contributed by atoms with Gasteiger partial charge in [0, 0.05) is 23.2 Å². The molecule has 2 aliphatic carbocycles. The first-order chi connectivity index (χ1) is 11.6. The molecule has 0 saturated heterocycles. The molecule has 0 aliphatic heterocycles. The molecule has 0 heterocycles. The Balaban J connectivity index is 1.30. The molecular formula is C19H26ClFN2O. The number of halogens is 2. The van der Waals surface area contributed by atoms with Crippen LogP contribution in [0.15, 0.2) is 18.2 Å². The van der Waals surface area contributed by atoms with Gasteiger partial charge in [0.1, 0.15) is 5.82 Å². The summed E-state index contributed by atoms with van der Waals surface area (Å²) in [5.74, 6) is 0.713. The lowest BCUT2D eigenvalue weighted by Crippen LogP contribution is -2.46. The first kappa shape index (κ1) is 17.7. The van der Waals surface area contributed by atoms with E-state index < -0.39 is 5.82 Å². The van der Waals surface area contributed by atoms with Crippen LogP contribution in [0.5, 0.6) is 0 Å². The van der Waals surface area contributed by atoms with Crippen molar-refractivity contribution in [3.05, 3.63) is 34.6 Å². The minimum absolute atomic E-state index is 0.246. The SMILES string of the molecule is O=C(NC[C@H]1C[C@@H](NCCC2CCCC2)C1)c1cc(F)cc(Cl)c1. The van der Waals surface area contributed by atoms with Crippen molar-refractivity contribution < 1.29 is 9.18 Å². The van der Waals surface area contributed by atoms with Crippen LogP contribution in [0.3, 0.4) is 0 Å². The molecule has 1 aromatic carbocycles. The number of carbonyl (C=O) groups excluding carboxylic acids is 1. The van der Waals surface area contributed by atoms with E-state index in [2.05, 4.69) is 10.6 Å². The van der Waals surface area contributed by atoms with Gasteiger partial charge in [-0.15, -0.1) is 0 Å². The highest BCUT2D eigenvalue weighted by molar-refractivity contribution is 6.31. The Kier molecular flexibility index (Phi) is 6.12. The van der Waals surface area contributed by atoms with Crippen molar-refractivity contribution in [2.45, 2.75) is 51.0 Å². The van der Waals surface area contributed by atoms with Crippen molar-refractivity contribution >= 4 is 17.5 Å². The van der Waals surface area contributed by atoms with Crippen LogP contribution < -0.4 is 10.6 Å². The van der Waals surface area contributed by atoms with Gasteiger partial charge in [0.25, 0.3) is 5.91 Å². The zero-order valence-electron chi connectivity index (χ0n) is 14.0. The molecule has 5 heteroatoms. The molecule has 0 atom stereocenters. The van der Waals surface area contributed by atoms with Gasteiger partial charge in [-0.3, -0.25) is 4.79 Å². The standard InChI is InChI=1S/C19H26ClFN2O/c20-16-9-15(10-17(21)11-16)19(24)23-12-14-7-18(8-14)22-6-5-13-3-1-2-4-13/h9-11,13-14,18,22H,1-8,12H2,(H,23,24)/t14-,18+. The van der Waals surface area contributed by atoms with E-state index in [9.17, 15) is 9.18 Å². The van der Waals surface area contributed by atoms with Crippen molar-refractivity contribution in [3.63, 3.8) is 0 Å². The van der Waals surface area contributed by atoms with E-state index in [0.29, 0.717) is 18.5 Å². The number of rotatable bonds is 7. The van der Waals surface area contributed by atoms with Crippen LogP contribution >= 0.6 is 11.6 Å². The Morgan fingerprint density at radius 1 is 1.17 bits per heavy atom. The van der Waals surface area contributed by atoms with E-state index in [4.69, 9.17) is 11.6 Å². The molecule has 0 spiro atoms. The summed E-state index contributed by atoms with van der Waals surface area (Å²) >= 11 is 5.78. The first-order valence-electron chi connectivity index (χ1n) is 9.08. The predicted octanol–water partition coefficient (Wildman–Crippen LogP) is 4.16. The van der Waals surface area contributed by atoms with Gasteiger partial charge < -0.3 is 10.6 Å². The highest BCUT2D eigenvalue weighted by atomic mass is 35.5. The number of hydrogen-bond acceptors (Lipinski definition) is 2. The summed E-state index contributed by atoms with van der Waals surface area (Å²) < 4.78 is 13.3. The smallest absolute Gasteiger partial charge is 0.251 e. The maximum atomic E-state index is 13.3. The summed E-state index contributed by atoms with van der Waals surface area (Å²) in [5, 5.41) is 6.76. The van der Waals surface area contributed by atoms with Crippen molar-refractivity contribution in [1.29, 1.82) is 0 Å². The number of benzene rings is 1. The maximum Gasteiger partial charge on any atom is 0.251 e. The van der Waals surface area contributed by atoms with Crippen molar-refractivity contribution in [2.75, 3.05) is 13.1 Å². The summed E-state index contributed by atoms with van der Waals surface area (Å²) in [7, 11) is 0. The number of nitrogens with one attached hydrogen (secondary N) is 2. The Hall–Kier alpha value is -1.13. The van der Waals surface area contributed by atoms with E-state index in [1.807, 2.05) is 0 Å². The third-order valence-corrected chi connectivity index (χ3v) is 5.59. The van der Waals surface area contributed by atoms with Crippen molar-refractivity contribution in [2.24, 2.45) is 11.8 Å². The number of amides is 1. The lowest BCUT2D eigenvalue weighted by Gasteiger charge is -2.36. The summed E-state index contributed by atoms with van der Waals surface area (Å²) in [4.78, 5) is 12.0. The largest absolute Gasteiger partial charge is 0.352 e. The number of carbonyl (C=O) groups is 1. The highest BCUT2D eigenvalue weighted by Crippen LogP contribution is 2.29. The van der Waals surface area contributed by atoms with E-state index in [-0.39, 0.29) is 16.5 Å². The molecule has 3 rings (SSSR count). The molecule has 3 nitrogen and oxygen atoms in total. The summed E-state index contributed by atoms with van der Waals surface area (Å²) in [5.41, 5.74) is 0.283. The molecule has 0 radical (unpaired) electrons. The van der Waals surface area contributed by atoms with Crippen LogP contribution in [0.25, 0.3) is 0 Å². The Bertz CT molecular complexity index is 548. The molecule has 2 saturated carbocycles. The second-order valence-corrected chi connectivity index (χ2v) is 7.73. The topological polar surface area (TPSA) is 41.1 Å². The summed E-state index contributed by atoms with van der Waals surface area (Å²) in [6.07, 6.45) is 9.15. The molecular weight excluding hydrogens is 327 g/mol. The summed E-state index contributed by atoms with van der Waals surface area (Å²) in [6.45, 7) is 1.77. The Labute approximate surface area is 148 Å². The van der Waals surface area contributed by atoms with Crippen LogP contribution in [0, 0.1) is 17.7 Å². The van der Waals surface area contributed by atoms with E-state index >= 15 is 0 Å². The Morgan fingerprint density at radius 2 is 1.92 bits per heavy atom. The van der Waals surface area contributed by atoms with Crippen molar-refractivity contribution in [1.82, 2.24) is 10.6 Å². The minimum Gasteiger partial charge on any atom is -0.352 e. The molecule has 0 aromatic heterocycles. The fraction of sp³-hybridized carbons (Fsp3) is 0.632. The van der Waals surface area contributed by atoms with Crippen LogP contribution in [0.4, 0.5) is 4.39 Å². The van der Waals surface area contributed by atoms with E-state index in [0.717, 1.165) is 25.3 Å². The molecule has 2 N–H and O–H groups in total. The second-order valence-electron chi connectivity index (χ2n) is 7.30. The normalized spacial score (nSPS) is 23.9. The van der Waals surface area contributed by atoms with E-state index in [1.54, 1.807) is 0 Å². The van der Waals surface area contributed by atoms with Gasteiger partial charge in [-0.2, -0.15) is 0 Å². The van der Waals surface area contributed by atoms with Crippen molar-refractivity contribution in [3.8, 4) is 0 Å². The van der Waals surface area contributed by atoms with Gasteiger partial charge in [0.15, 0.2) is 0 Å². The lowest BCUT2D eigenvalue weighted by atomic mass is 9.80. The molecule has 0 bridgehead atoms. The third kappa shape index (κ3) is 4.93. The average molecular weight is 353 g/mol. The molecule has 2 aliphatic rings. The second kappa shape index (κ2) is 8.30. The zero-order valence-corrected chi connectivity index (χ0v) is 14.7. The quantitative estimate of drug-likeness (QED) is 0.773. The molecule has 1 aromatic rings. The van der Waals surface area contributed by atoms with Gasteiger partial charge in [-0.25, -0.2) is 4.39 Å². The fourth-order valence-electron chi connectivity index (χ4n) is 3.88. The van der Waals surface area contributed by atoms with Crippen LogP contribution in [-0.2, 0) is 0 Å². The van der Waals surface area contributed by atoms with Crippen LogP contribution in [-0.4, -0.2) is 25.0 Å². The highest BCUT2D eigenvalue weighted by Gasteiger charge is 2.29. The maximum absolute atomic E-state index is 13.3. The van der Waals surface area contributed by atoms with Crippen LogP contribution in [0.2, 0.25) is 5.02 Å². The third-order valence-electron chi connectivity index (χ3n) is 5.37. The van der Waals surface area contributed by atoms with Gasteiger partial charge in [-0.05, 0) is 55.8 Å². The predicted molar refractivity (Wildman–Crippen MR) is 94.8 cm³/mol. The molecule has 1 amide bonds. The molecule has 24 heavy (non-hydrogen) atoms. The number of hydrogen-bond donors (Lipinski definition) is 2. The zero-order chi connectivity index (χ0) is 16.9. The fourth-order valence-corrected chi connectivity index (χ4v) is 4.11. The van der Waals surface area contributed by atoms with Gasteiger partial charge in [0.05, 0.1) is 0 Å². The Morgan fingerprint density at radius 3 is 2.62 bits per heavy atom.